The third kappa shape index (κ3) is 12.9. The van der Waals surface area contributed by atoms with Crippen molar-refractivity contribution in [2.24, 2.45) is 0 Å². The van der Waals surface area contributed by atoms with Crippen molar-refractivity contribution in [1.29, 1.82) is 0 Å². The Bertz CT molecular complexity index is 2960. The van der Waals surface area contributed by atoms with Crippen molar-refractivity contribution in [3.8, 4) is 68.2 Å². The summed E-state index contributed by atoms with van der Waals surface area (Å²) in [5, 5.41) is 0. The van der Waals surface area contributed by atoms with Crippen LogP contribution in [0.25, 0.3) is 33.9 Å². The van der Waals surface area contributed by atoms with Crippen LogP contribution >= 0.6 is 0 Å². The second kappa shape index (κ2) is 23.3. The van der Waals surface area contributed by atoms with Gasteiger partial charge in [-0.3, -0.25) is 0 Å². The first-order valence-corrected chi connectivity index (χ1v) is 23.1. The van der Waals surface area contributed by atoms with E-state index in [-0.39, 0.29) is 24.3 Å². The van der Waals surface area contributed by atoms with Crippen molar-refractivity contribution in [2.75, 3.05) is 26.4 Å². The monoisotopic (exact) mass is 1050 g/mol. The molecular weight excluding hydrogens is 1010 g/mol. The highest BCUT2D eigenvalue weighted by Crippen LogP contribution is 2.55. The number of fused-ring (bicyclic) bond motifs is 2. The third-order valence-corrected chi connectivity index (χ3v) is 11.2. The van der Waals surface area contributed by atoms with Gasteiger partial charge in [-0.05, 0) is 121 Å². The molecule has 14 nitrogen and oxygen atoms in total. The Morgan fingerprint density at radius 2 is 0.750 bits per heavy atom. The van der Waals surface area contributed by atoms with Crippen LogP contribution in [0, 0.1) is 0 Å². The molecule has 20 heteroatoms. The van der Waals surface area contributed by atoms with Gasteiger partial charge in [0.25, 0.3) is 0 Å². The first-order chi connectivity index (χ1) is 36.5. The van der Waals surface area contributed by atoms with Crippen molar-refractivity contribution < 1.29 is 92.9 Å². The lowest BCUT2D eigenvalue weighted by Gasteiger charge is -2.12. The lowest BCUT2D eigenvalue weighted by Crippen LogP contribution is -2.26. The van der Waals surface area contributed by atoms with E-state index in [0.29, 0.717) is 61.5 Å². The molecule has 2 aliphatic rings. The van der Waals surface area contributed by atoms with Crippen LogP contribution in [0.15, 0.2) is 147 Å². The number of benzene rings is 6. The summed E-state index contributed by atoms with van der Waals surface area (Å²) in [5.74, 6) is -11.3. The van der Waals surface area contributed by atoms with E-state index in [0.717, 1.165) is 47.5 Å². The fraction of sp³-hybridized carbons (Fsp3) is 0.179. The van der Waals surface area contributed by atoms with Crippen molar-refractivity contribution >= 4 is 35.5 Å². The van der Waals surface area contributed by atoms with E-state index in [4.69, 9.17) is 28.4 Å². The Morgan fingerprint density at radius 3 is 1.09 bits per heavy atom. The second-order valence-electron chi connectivity index (χ2n) is 16.3. The number of hydrogen-bond donors (Lipinski definition) is 0. The van der Waals surface area contributed by atoms with Gasteiger partial charge in [0.05, 0.1) is 48.7 Å². The fourth-order valence-corrected chi connectivity index (χ4v) is 7.40. The van der Waals surface area contributed by atoms with Crippen LogP contribution < -0.4 is 37.9 Å². The molecule has 0 atom stereocenters. The van der Waals surface area contributed by atoms with Gasteiger partial charge >= 0.3 is 36.5 Å². The zero-order chi connectivity index (χ0) is 54.0. The zero-order valence-electron chi connectivity index (χ0n) is 39.8. The van der Waals surface area contributed by atoms with E-state index in [1.54, 1.807) is 72.8 Å². The van der Waals surface area contributed by atoms with Crippen LogP contribution in [-0.4, -0.2) is 62.9 Å². The van der Waals surface area contributed by atoms with Crippen LogP contribution in [-0.2, 0) is 19.1 Å². The Hall–Kier alpha value is -9.20. The van der Waals surface area contributed by atoms with Crippen LogP contribution in [0.1, 0.15) is 57.5 Å². The van der Waals surface area contributed by atoms with E-state index in [1.165, 1.54) is 24.3 Å². The van der Waals surface area contributed by atoms with Gasteiger partial charge in [0.2, 0.25) is 11.5 Å². The van der Waals surface area contributed by atoms with Gasteiger partial charge in [0.1, 0.15) is 11.5 Å². The lowest BCUT2D eigenvalue weighted by molar-refractivity contribution is -0.287. The number of hydrogen-bond acceptors (Lipinski definition) is 14. The maximum absolute atomic E-state index is 16.2. The smallest absolute Gasteiger partial charge is 0.494 e. The summed E-state index contributed by atoms with van der Waals surface area (Å²) in [6.45, 7) is 7.93. The predicted molar refractivity (Wildman–Crippen MR) is 260 cm³/mol. The number of ether oxygens (including phenoxy) is 10. The minimum absolute atomic E-state index is 0.0378. The van der Waals surface area contributed by atoms with Crippen LogP contribution in [0.4, 0.5) is 26.3 Å². The first-order valence-electron chi connectivity index (χ1n) is 23.1. The summed E-state index contributed by atoms with van der Waals surface area (Å²) in [7, 11) is 0. The lowest BCUT2D eigenvalue weighted by atomic mass is 10.0. The maximum Gasteiger partial charge on any atom is 0.586 e. The zero-order valence-corrected chi connectivity index (χ0v) is 39.8. The highest BCUT2D eigenvalue weighted by Gasteiger charge is 2.49. The van der Waals surface area contributed by atoms with Gasteiger partial charge < -0.3 is 47.4 Å². The molecule has 0 amide bonds. The highest BCUT2D eigenvalue weighted by molar-refractivity contribution is 5.95. The molecule has 0 aliphatic carbocycles. The molecule has 392 valence electrons. The van der Waals surface area contributed by atoms with Gasteiger partial charge in [0, 0.05) is 12.2 Å². The summed E-state index contributed by atoms with van der Waals surface area (Å²) in [4.78, 5) is 48.8. The molecule has 6 aromatic rings. The number of unbranched alkanes of at least 4 members (excludes halogenated alkanes) is 2. The van der Waals surface area contributed by atoms with Gasteiger partial charge in [-0.15, -0.1) is 17.6 Å². The molecule has 0 saturated heterocycles. The molecule has 0 spiro atoms. The molecular formula is C56H42F6O14. The van der Waals surface area contributed by atoms with Crippen molar-refractivity contribution in [2.45, 2.75) is 38.3 Å². The molecule has 8 rings (SSSR count). The first kappa shape index (κ1) is 53.1. The molecule has 0 saturated carbocycles. The SMILES string of the molecule is C=CC(=O)OCCCCOc1ccc(-c2ccc(C(=O)Oc3ccc(C(F)=C(F)c4ccc(OC(=O)c5ccc(-c6ccc(OCCCCOC(=O)C=C)cc6)cc5)c5c4OC(F)(F)O5)c4c3OC(F)(F)O4)cc2)cc1. The van der Waals surface area contributed by atoms with Crippen molar-refractivity contribution in [3.05, 3.63) is 169 Å². The largest absolute Gasteiger partial charge is 0.586 e. The highest BCUT2D eigenvalue weighted by atomic mass is 19.3. The second-order valence-corrected chi connectivity index (χ2v) is 16.3. The predicted octanol–water partition coefficient (Wildman–Crippen LogP) is 12.6. The summed E-state index contributed by atoms with van der Waals surface area (Å²) < 4.78 is 141. The molecule has 0 aromatic heterocycles. The molecule has 0 bridgehead atoms. The quantitative estimate of drug-likeness (QED) is 0.0158. The molecule has 0 N–H and O–H groups in total. The minimum Gasteiger partial charge on any atom is -0.494 e. The van der Waals surface area contributed by atoms with Crippen molar-refractivity contribution in [3.63, 3.8) is 0 Å². The molecule has 76 heavy (non-hydrogen) atoms. The number of esters is 4. The molecule has 0 unspecified atom stereocenters. The van der Waals surface area contributed by atoms with Crippen LogP contribution in [0.5, 0.6) is 46.0 Å². The van der Waals surface area contributed by atoms with E-state index in [9.17, 15) is 36.7 Å². The maximum atomic E-state index is 16.2. The number of carbonyl (C=O) groups is 4. The van der Waals surface area contributed by atoms with E-state index in [1.807, 2.05) is 0 Å². The topological polar surface area (TPSA) is 161 Å². The normalized spacial score (nSPS) is 13.7. The summed E-state index contributed by atoms with van der Waals surface area (Å²) in [5.41, 5.74) is 0.801. The molecule has 0 fully saturated rings. The molecule has 2 heterocycles. The molecule has 6 aromatic carbocycles. The Labute approximate surface area is 429 Å². The van der Waals surface area contributed by atoms with E-state index < -0.39 is 93.7 Å². The van der Waals surface area contributed by atoms with Gasteiger partial charge in [-0.2, -0.15) is 0 Å². The number of halogens is 6. The van der Waals surface area contributed by atoms with Crippen molar-refractivity contribution in [1.82, 2.24) is 0 Å². The Kier molecular flexibility index (Phi) is 16.3. The van der Waals surface area contributed by atoms with Crippen LogP contribution in [0.3, 0.4) is 0 Å². The molecule has 2 aliphatic heterocycles. The minimum atomic E-state index is -4.46. The summed E-state index contributed by atoms with van der Waals surface area (Å²) in [6, 6.07) is 29.2. The standard InChI is InChI=1S/C56H42F6O14/c1-3-45(63)69-31-7-5-29-67-39-21-17-35(18-22-39)33-9-13-37(14-10-33)53(65)71-43-27-25-41(49-51(43)75-55(59,60)73-49)47(57)48(58)42-26-28-44(52-50(42)74-56(61,62)76-52)72-54(66)38-15-11-34(12-16-38)36-19-23-40(24-20-36)68-30-6-8-32-70-46(64)4-2/h3-4,9-28H,1-2,5-8,29-32H2. The molecule has 0 radical (unpaired) electrons. The summed E-state index contributed by atoms with van der Waals surface area (Å²) >= 11 is 0. The number of alkyl halides is 4. The fourth-order valence-electron chi connectivity index (χ4n) is 7.40. The number of carbonyl (C=O) groups excluding carboxylic acids is 4. The van der Waals surface area contributed by atoms with E-state index in [2.05, 4.69) is 32.1 Å². The average molecular weight is 1050 g/mol. The summed E-state index contributed by atoms with van der Waals surface area (Å²) in [6.07, 6.45) is -4.26. The van der Waals surface area contributed by atoms with Gasteiger partial charge in [-0.1, -0.05) is 61.7 Å². The number of rotatable bonds is 22. The van der Waals surface area contributed by atoms with Crippen LogP contribution in [0.2, 0.25) is 0 Å². The van der Waals surface area contributed by atoms with E-state index >= 15 is 8.78 Å². The Morgan fingerprint density at radius 1 is 0.434 bits per heavy atom. The van der Waals surface area contributed by atoms with Gasteiger partial charge in [-0.25, -0.2) is 28.0 Å². The third-order valence-electron chi connectivity index (χ3n) is 11.2. The Balaban J connectivity index is 0.917. The van der Waals surface area contributed by atoms with Gasteiger partial charge in [0.15, 0.2) is 34.7 Å². The average Bonchev–Trinajstić information content (AvgIpc) is 3.97.